The van der Waals surface area contributed by atoms with Crippen molar-refractivity contribution in [2.45, 2.75) is 6.92 Å². The second-order valence-electron chi connectivity index (χ2n) is 6.16. The first-order valence-corrected chi connectivity index (χ1v) is 9.56. The van der Waals surface area contributed by atoms with Crippen LogP contribution < -0.4 is 9.47 Å². The van der Waals surface area contributed by atoms with E-state index in [4.69, 9.17) is 9.47 Å². The summed E-state index contributed by atoms with van der Waals surface area (Å²) in [6.45, 7) is 1.77. The number of esters is 1. The van der Waals surface area contributed by atoms with Gasteiger partial charge < -0.3 is 9.47 Å². The van der Waals surface area contributed by atoms with E-state index in [0.29, 0.717) is 27.5 Å². The minimum absolute atomic E-state index is 0.188. The van der Waals surface area contributed by atoms with Gasteiger partial charge in [-0.2, -0.15) is 0 Å². The Morgan fingerprint density at radius 3 is 2.64 bits per heavy atom. The van der Waals surface area contributed by atoms with Crippen molar-refractivity contribution in [2.75, 3.05) is 0 Å². The van der Waals surface area contributed by atoms with E-state index in [2.05, 4.69) is 0 Å². The topological polar surface area (TPSA) is 52.6 Å². The number of allylic oxidation sites excluding steroid dienone is 3. The maximum Gasteiger partial charge on any atom is 0.353 e. The minimum Gasteiger partial charge on any atom is -0.452 e. The third-order valence-corrected chi connectivity index (χ3v) is 5.15. The SMILES string of the molecule is Cc1c(OC(=O)c2cccs2)ccc2c1O/C(=C\C=C\c1ccccc1)C2=O. The average molecular weight is 388 g/mol. The number of hydrogen-bond donors (Lipinski definition) is 0. The van der Waals surface area contributed by atoms with Crippen LogP contribution in [-0.4, -0.2) is 11.8 Å². The van der Waals surface area contributed by atoms with E-state index in [-0.39, 0.29) is 11.5 Å². The van der Waals surface area contributed by atoms with Crippen molar-refractivity contribution in [3.63, 3.8) is 0 Å². The van der Waals surface area contributed by atoms with E-state index in [1.165, 1.54) is 11.3 Å². The fourth-order valence-corrected chi connectivity index (χ4v) is 3.45. The van der Waals surface area contributed by atoms with Crippen LogP contribution in [0.3, 0.4) is 0 Å². The Hall–Kier alpha value is -3.44. The molecule has 5 heteroatoms. The van der Waals surface area contributed by atoms with Gasteiger partial charge in [0.15, 0.2) is 5.76 Å². The maximum absolute atomic E-state index is 12.6. The van der Waals surface area contributed by atoms with Gasteiger partial charge in [0, 0.05) is 5.56 Å². The molecule has 2 aromatic carbocycles. The second kappa shape index (κ2) is 7.66. The predicted molar refractivity (Wildman–Crippen MR) is 109 cm³/mol. The van der Waals surface area contributed by atoms with Crippen LogP contribution in [0.1, 0.15) is 31.2 Å². The van der Waals surface area contributed by atoms with Gasteiger partial charge in [-0.25, -0.2) is 4.79 Å². The summed E-state index contributed by atoms with van der Waals surface area (Å²) < 4.78 is 11.2. The van der Waals surface area contributed by atoms with Crippen molar-refractivity contribution in [1.82, 2.24) is 0 Å². The molecule has 0 fully saturated rings. The molecule has 1 aliphatic rings. The Morgan fingerprint density at radius 1 is 1.07 bits per heavy atom. The highest BCUT2D eigenvalue weighted by Crippen LogP contribution is 2.39. The first kappa shape index (κ1) is 17.9. The molecule has 4 rings (SSSR count). The van der Waals surface area contributed by atoms with E-state index >= 15 is 0 Å². The van der Waals surface area contributed by atoms with Crippen molar-refractivity contribution < 1.29 is 19.1 Å². The zero-order valence-electron chi connectivity index (χ0n) is 15.0. The molecule has 0 saturated carbocycles. The molecule has 4 nitrogen and oxygen atoms in total. The smallest absolute Gasteiger partial charge is 0.353 e. The first-order chi connectivity index (χ1) is 13.6. The van der Waals surface area contributed by atoms with Crippen molar-refractivity contribution in [3.05, 3.63) is 99.5 Å². The Balaban J connectivity index is 1.55. The Morgan fingerprint density at radius 2 is 1.89 bits per heavy atom. The van der Waals surface area contributed by atoms with E-state index < -0.39 is 5.97 Å². The van der Waals surface area contributed by atoms with Gasteiger partial charge in [-0.1, -0.05) is 48.6 Å². The monoisotopic (exact) mass is 388 g/mol. The quantitative estimate of drug-likeness (QED) is 0.339. The van der Waals surface area contributed by atoms with E-state index in [1.807, 2.05) is 41.8 Å². The molecule has 28 heavy (non-hydrogen) atoms. The second-order valence-corrected chi connectivity index (χ2v) is 7.11. The van der Waals surface area contributed by atoms with Crippen LogP contribution in [0.5, 0.6) is 11.5 Å². The van der Waals surface area contributed by atoms with Crippen LogP contribution in [0.25, 0.3) is 6.08 Å². The molecule has 0 amide bonds. The molecule has 1 aromatic heterocycles. The number of carbonyl (C=O) groups is 2. The lowest BCUT2D eigenvalue weighted by Crippen LogP contribution is -2.07. The predicted octanol–water partition coefficient (Wildman–Crippen LogP) is 5.45. The molecule has 0 N–H and O–H groups in total. The van der Waals surface area contributed by atoms with Gasteiger partial charge in [-0.3, -0.25) is 4.79 Å². The molecule has 0 aliphatic carbocycles. The molecule has 0 unspecified atom stereocenters. The van der Waals surface area contributed by atoms with Crippen molar-refractivity contribution in [3.8, 4) is 11.5 Å². The number of rotatable bonds is 4. The molecule has 0 saturated heterocycles. The number of Topliss-reactive ketones (excluding diaryl/α,β-unsaturated/α-hetero) is 1. The maximum atomic E-state index is 12.6. The van der Waals surface area contributed by atoms with Gasteiger partial charge in [0.2, 0.25) is 5.78 Å². The fourth-order valence-electron chi connectivity index (χ4n) is 2.85. The molecule has 138 valence electrons. The van der Waals surface area contributed by atoms with Gasteiger partial charge in [0.05, 0.1) is 5.56 Å². The Bertz CT molecular complexity index is 1090. The third kappa shape index (κ3) is 3.52. The lowest BCUT2D eigenvalue weighted by atomic mass is 10.1. The van der Waals surface area contributed by atoms with E-state index in [1.54, 1.807) is 43.3 Å². The van der Waals surface area contributed by atoms with Gasteiger partial charge in [-0.15, -0.1) is 11.3 Å². The van der Waals surface area contributed by atoms with Crippen LogP contribution in [0.4, 0.5) is 0 Å². The molecule has 0 bridgehead atoms. The average Bonchev–Trinajstić information content (AvgIpc) is 3.35. The largest absolute Gasteiger partial charge is 0.452 e. The summed E-state index contributed by atoms with van der Waals surface area (Å²) in [4.78, 5) is 25.3. The molecule has 1 aliphatic heterocycles. The summed E-state index contributed by atoms with van der Waals surface area (Å²) in [7, 11) is 0. The minimum atomic E-state index is -0.427. The number of fused-ring (bicyclic) bond motifs is 1. The molecule has 0 atom stereocenters. The normalized spacial score (nSPS) is 14.3. The Labute approximate surface area is 166 Å². The molecular formula is C23H16O4S. The summed E-state index contributed by atoms with van der Waals surface area (Å²) >= 11 is 1.31. The number of thiophene rings is 1. The fraction of sp³-hybridized carbons (Fsp3) is 0.0435. The van der Waals surface area contributed by atoms with Gasteiger partial charge in [0.1, 0.15) is 16.4 Å². The van der Waals surface area contributed by atoms with Gasteiger partial charge >= 0.3 is 5.97 Å². The molecule has 2 heterocycles. The van der Waals surface area contributed by atoms with Crippen molar-refractivity contribution in [2.24, 2.45) is 0 Å². The molecule has 0 radical (unpaired) electrons. The lowest BCUT2D eigenvalue weighted by molar-refractivity contribution is 0.0738. The summed E-state index contributed by atoms with van der Waals surface area (Å²) in [5, 5.41) is 1.81. The Kier molecular flexibility index (Phi) is 4.91. The van der Waals surface area contributed by atoms with Crippen molar-refractivity contribution >= 4 is 29.2 Å². The van der Waals surface area contributed by atoms with Crippen LogP contribution in [-0.2, 0) is 0 Å². The highest BCUT2D eigenvalue weighted by molar-refractivity contribution is 7.12. The van der Waals surface area contributed by atoms with Crippen LogP contribution in [0.2, 0.25) is 0 Å². The summed E-state index contributed by atoms with van der Waals surface area (Å²) in [6, 6.07) is 16.5. The molecule has 3 aromatic rings. The first-order valence-electron chi connectivity index (χ1n) is 8.69. The number of ketones is 1. The lowest BCUT2D eigenvalue weighted by Gasteiger charge is -2.09. The zero-order chi connectivity index (χ0) is 19.5. The van der Waals surface area contributed by atoms with Crippen LogP contribution >= 0.6 is 11.3 Å². The number of ether oxygens (including phenoxy) is 2. The van der Waals surface area contributed by atoms with Crippen LogP contribution in [0, 0.1) is 6.92 Å². The highest BCUT2D eigenvalue weighted by Gasteiger charge is 2.30. The molecular weight excluding hydrogens is 372 g/mol. The number of benzene rings is 2. The molecule has 0 spiro atoms. The van der Waals surface area contributed by atoms with E-state index in [9.17, 15) is 9.59 Å². The number of hydrogen-bond acceptors (Lipinski definition) is 5. The van der Waals surface area contributed by atoms with E-state index in [0.717, 1.165) is 5.56 Å². The van der Waals surface area contributed by atoms with Crippen molar-refractivity contribution in [1.29, 1.82) is 0 Å². The van der Waals surface area contributed by atoms with Gasteiger partial charge in [-0.05, 0) is 42.1 Å². The zero-order valence-corrected chi connectivity index (χ0v) is 15.9. The summed E-state index contributed by atoms with van der Waals surface area (Å²) in [6.07, 6.45) is 5.32. The van der Waals surface area contributed by atoms with Gasteiger partial charge in [0.25, 0.3) is 0 Å². The standard InChI is InChI=1S/C23H16O4S/c1-15-18(27-23(25)20-11-6-14-28-20)13-12-17-21(24)19(26-22(15)17)10-5-9-16-7-3-2-4-8-16/h2-14H,1H3/b9-5+,19-10-. The van der Waals surface area contributed by atoms with Crippen LogP contribution in [0.15, 0.2) is 77.9 Å². The number of carbonyl (C=O) groups excluding carboxylic acids is 2. The highest BCUT2D eigenvalue weighted by atomic mass is 32.1. The summed E-state index contributed by atoms with van der Waals surface area (Å²) in [5.41, 5.74) is 2.11. The summed E-state index contributed by atoms with van der Waals surface area (Å²) in [5.74, 6) is 0.440. The third-order valence-electron chi connectivity index (χ3n) is 4.30.